The summed E-state index contributed by atoms with van der Waals surface area (Å²) in [5, 5.41) is 1.97. The second kappa shape index (κ2) is 23.4. The van der Waals surface area contributed by atoms with Crippen LogP contribution in [0.1, 0.15) is 116 Å². The van der Waals surface area contributed by atoms with Crippen molar-refractivity contribution < 1.29 is 35.3 Å². The van der Waals surface area contributed by atoms with Gasteiger partial charge in [-0.25, -0.2) is 4.98 Å². The van der Waals surface area contributed by atoms with Crippen molar-refractivity contribution in [2.24, 2.45) is 0 Å². The SMILES string of the molecule is [2H]c1c([2H])c([2H])c(-c2c([2H])c(-c3cc4c5c(c3)n(-c3cccc(Oc6ccc7c8ccccc8n(-c8cc(C(C)(C)C)ccn8)c7c6)c3)[c-][n+]5-c3c(-c5cc(C(C)(C)C)cc(C(C)(C)C)c5)cc(-c5c(C([2H])([2H])[2H])cccc5C([2H])([2H])[2H])cc3-c3ccccc3-c3ccccc3-4)c([2H])c(-c3c([2H])c([2H])c([2H])c([2H])c3[2H])c2[2H])c([2H])c1[2H]. The Balaban J connectivity index is 1.08. The number of rotatable bonds is 9. The van der Waals surface area contributed by atoms with E-state index in [2.05, 4.69) is 110 Å². The first-order valence-electron chi connectivity index (χ1n) is 41.9. The number of aromatic nitrogens is 4. The molecule has 0 aliphatic carbocycles. The Morgan fingerprint density at radius 3 is 1.59 bits per heavy atom. The number of aryl methyl sites for hydroxylation is 2. The van der Waals surface area contributed by atoms with E-state index in [0.717, 1.165) is 44.3 Å². The summed E-state index contributed by atoms with van der Waals surface area (Å²) >= 11 is 0. The maximum atomic E-state index is 10.6. The number of hydrogen-bond acceptors (Lipinski definition) is 2. The van der Waals surface area contributed by atoms with Gasteiger partial charge < -0.3 is 4.74 Å². The molecule has 1 aliphatic heterocycles. The molecule has 0 radical (unpaired) electrons. The van der Waals surface area contributed by atoms with Gasteiger partial charge in [-0.3, -0.25) is 13.7 Å². The molecule has 12 aromatic carbocycles. The van der Waals surface area contributed by atoms with Crippen LogP contribution in [0.15, 0.2) is 273 Å². The van der Waals surface area contributed by atoms with Crippen molar-refractivity contribution >= 4 is 32.8 Å². The lowest BCUT2D eigenvalue weighted by Crippen LogP contribution is -2.32. The Bertz CT molecular complexity index is 6490. The highest BCUT2D eigenvalue weighted by Crippen LogP contribution is 2.50. The number of para-hydroxylation sites is 1. The summed E-state index contributed by atoms with van der Waals surface area (Å²) < 4.78 is 190. The largest absolute Gasteiger partial charge is 0.458 e. The molecule has 0 amide bonds. The number of nitrogens with zero attached hydrogens (tertiary/aromatic N) is 4. The molecule has 0 N–H and O–H groups in total. The summed E-state index contributed by atoms with van der Waals surface area (Å²) in [7, 11) is 0. The Morgan fingerprint density at radius 1 is 0.412 bits per heavy atom. The molecule has 1 aliphatic rings. The molecule has 5 heteroatoms. The van der Waals surface area contributed by atoms with Crippen LogP contribution in [-0.4, -0.2) is 14.1 Å². The van der Waals surface area contributed by atoms with E-state index in [1.807, 2.05) is 132 Å². The molecular formula is C92H78N4O. The van der Waals surface area contributed by atoms with E-state index in [1.54, 1.807) is 16.7 Å². The zero-order valence-corrected chi connectivity index (χ0v) is 55.2. The molecule has 0 atom stereocenters. The van der Waals surface area contributed by atoms with Crippen molar-refractivity contribution in [1.82, 2.24) is 14.1 Å². The molecule has 0 spiro atoms. The van der Waals surface area contributed by atoms with Crippen molar-refractivity contribution in [3.63, 3.8) is 0 Å². The van der Waals surface area contributed by atoms with Crippen molar-refractivity contribution in [3.05, 3.63) is 307 Å². The first-order valence-corrected chi connectivity index (χ1v) is 32.4. The maximum absolute atomic E-state index is 10.6. The van der Waals surface area contributed by atoms with Gasteiger partial charge in [0.25, 0.3) is 6.33 Å². The average Bonchev–Trinajstić information content (AvgIpc) is 1.33. The number of benzene rings is 12. The minimum Gasteiger partial charge on any atom is -0.458 e. The van der Waals surface area contributed by atoms with E-state index in [-0.39, 0.29) is 38.8 Å². The van der Waals surface area contributed by atoms with Gasteiger partial charge in [0.05, 0.1) is 51.3 Å². The Morgan fingerprint density at radius 2 is 0.959 bits per heavy atom. The molecule has 0 saturated heterocycles. The summed E-state index contributed by atoms with van der Waals surface area (Å²) in [5.74, 6) is 1.56. The second-order valence-electron chi connectivity index (χ2n) is 28.0. The maximum Gasteiger partial charge on any atom is 0.269 e. The van der Waals surface area contributed by atoms with E-state index in [0.29, 0.717) is 78.4 Å². The van der Waals surface area contributed by atoms with Crippen molar-refractivity contribution in [2.75, 3.05) is 0 Å². The van der Waals surface area contributed by atoms with Crippen LogP contribution in [0, 0.1) is 20.0 Å². The molecule has 0 saturated carbocycles. The molecular weight excluding hydrogens is 1180 g/mol. The minimum atomic E-state index is -2.83. The summed E-state index contributed by atoms with van der Waals surface area (Å²) in [6.07, 6.45) is 5.69. The molecule has 3 aromatic heterocycles. The van der Waals surface area contributed by atoms with Crippen LogP contribution in [0.5, 0.6) is 11.5 Å². The summed E-state index contributed by atoms with van der Waals surface area (Å²) in [6, 6.07) is 48.6. The second-order valence-corrected chi connectivity index (χ2v) is 28.0. The molecule has 16 rings (SSSR count). The number of pyridine rings is 1. The third-order valence-electron chi connectivity index (χ3n) is 18.5. The van der Waals surface area contributed by atoms with E-state index >= 15 is 0 Å². The lowest BCUT2D eigenvalue weighted by Gasteiger charge is -2.28. The summed E-state index contributed by atoms with van der Waals surface area (Å²) in [4.78, 5) is 4.93. The van der Waals surface area contributed by atoms with Crippen molar-refractivity contribution in [2.45, 2.75) is 92.3 Å². The summed E-state index contributed by atoms with van der Waals surface area (Å²) in [5.41, 5.74) is 7.27. The van der Waals surface area contributed by atoms with Crippen molar-refractivity contribution in [1.29, 1.82) is 0 Å². The van der Waals surface area contributed by atoms with Gasteiger partial charge in [-0.05, 0) is 232 Å². The van der Waals surface area contributed by atoms with E-state index in [4.69, 9.17) is 26.2 Å². The monoisotopic (exact) mass is 1270 g/mol. The zero-order chi connectivity index (χ0) is 83.0. The van der Waals surface area contributed by atoms with Gasteiger partial charge in [0.15, 0.2) is 0 Å². The zero-order valence-electron chi connectivity index (χ0n) is 74.2. The van der Waals surface area contributed by atoms with Gasteiger partial charge in [-0.15, -0.1) is 0 Å². The first kappa shape index (κ1) is 43.0. The quantitative estimate of drug-likeness (QED) is 0.107. The summed E-state index contributed by atoms with van der Waals surface area (Å²) in [6.45, 7) is 13.5. The number of ether oxygens (including phenoxy) is 1. The van der Waals surface area contributed by atoms with E-state index in [9.17, 15) is 9.60 Å². The van der Waals surface area contributed by atoms with Crippen LogP contribution in [0.3, 0.4) is 0 Å². The fourth-order valence-electron chi connectivity index (χ4n) is 13.5. The van der Waals surface area contributed by atoms with Crippen LogP contribution < -0.4 is 9.30 Å². The number of imidazole rings is 1. The molecule has 5 nitrogen and oxygen atoms in total. The van der Waals surface area contributed by atoms with Crippen LogP contribution in [0.25, 0.3) is 139 Å². The standard InChI is InChI=1S/C92H78N4O/c1-58-26-24-27-59(2)87(58)67-50-80(66-47-69(91(6,7)8)53-70(48-66)92(9,10)11)88-81(51-67)76-36-20-18-34-74(76)75-35-19-21-37-77(75)82-49-65(64-45-62(60-28-14-12-15-29-60)44-63(46-64)61-30-16-13-17-31-61)52-85-89(82)95(88)57-94(85)71-32-25-33-72(55-71)97-73-40-41-79-78-38-22-23-39-83(78)96(84(79)56-73)86-54-68(42-43-93-86)90(3,4)5/h12-56H,1-11H3/i1D3,2D3,12D,13D,14D,15D,16D,17D,28D,29D,30D,31D,44D,45D,46D. The highest BCUT2D eigenvalue weighted by Gasteiger charge is 2.31. The lowest BCUT2D eigenvalue weighted by atomic mass is 9.78. The molecule has 97 heavy (non-hydrogen) atoms. The van der Waals surface area contributed by atoms with Crippen LogP contribution in [-0.2, 0) is 16.2 Å². The van der Waals surface area contributed by atoms with Crippen LogP contribution >= 0.6 is 0 Å². The van der Waals surface area contributed by atoms with Gasteiger partial charge in [0, 0.05) is 31.3 Å². The molecule has 0 bridgehead atoms. The normalized spacial score (nSPS) is 15.3. The highest BCUT2D eigenvalue weighted by molar-refractivity contribution is 6.10. The fourth-order valence-corrected chi connectivity index (χ4v) is 13.5. The molecule has 15 aromatic rings. The molecule has 4 heterocycles. The predicted octanol–water partition coefficient (Wildman–Crippen LogP) is 24.2. The smallest absolute Gasteiger partial charge is 0.269 e. The van der Waals surface area contributed by atoms with Gasteiger partial charge in [-0.1, -0.05) is 238 Å². The number of fused-ring (bicyclic) bond motifs is 10. The van der Waals surface area contributed by atoms with Crippen molar-refractivity contribution in [3.8, 4) is 118 Å². The number of hydrogen-bond donors (Lipinski definition) is 0. The average molecular weight is 1270 g/mol. The van der Waals surface area contributed by atoms with E-state index in [1.165, 1.54) is 18.2 Å². The third kappa shape index (κ3) is 10.9. The Hall–Kier alpha value is -11.1. The minimum absolute atomic E-state index is 0.00459. The Kier molecular flexibility index (Phi) is 10.4. The fraction of sp³-hybridized carbons (Fsp3) is 0.152. The Labute approximate surface area is 597 Å². The van der Waals surface area contributed by atoms with Crippen LogP contribution in [0.2, 0.25) is 0 Å². The third-order valence-corrected chi connectivity index (χ3v) is 18.5. The molecule has 0 fully saturated rings. The van der Waals surface area contributed by atoms with Crippen LogP contribution in [0.4, 0.5) is 0 Å². The first-order chi connectivity index (χ1) is 54.6. The molecule has 472 valence electrons. The van der Waals surface area contributed by atoms with E-state index < -0.39 is 125 Å². The van der Waals surface area contributed by atoms with Gasteiger partial charge >= 0.3 is 0 Å². The molecule has 0 unspecified atom stereocenters. The topological polar surface area (TPSA) is 35.9 Å². The lowest BCUT2D eigenvalue weighted by molar-refractivity contribution is -0.570. The predicted molar refractivity (Wildman–Crippen MR) is 405 cm³/mol. The van der Waals surface area contributed by atoms with Gasteiger partial charge in [0.1, 0.15) is 17.3 Å². The van der Waals surface area contributed by atoms with Gasteiger partial charge in [-0.2, -0.15) is 0 Å². The highest BCUT2D eigenvalue weighted by atomic mass is 16.5. The van der Waals surface area contributed by atoms with Gasteiger partial charge in [0.2, 0.25) is 0 Å².